The Morgan fingerprint density at radius 2 is 1.82 bits per heavy atom. The van der Waals surface area contributed by atoms with Crippen LogP contribution in [0.2, 0.25) is 0 Å². The van der Waals surface area contributed by atoms with Gasteiger partial charge in [0, 0.05) is 54.1 Å². The highest BCUT2D eigenvalue weighted by Gasteiger charge is 2.71. The molecule has 2 fully saturated rings. The second-order valence-corrected chi connectivity index (χ2v) is 14.8. The van der Waals surface area contributed by atoms with Crippen LogP contribution >= 0.6 is 11.8 Å². The number of benzene rings is 1. The van der Waals surface area contributed by atoms with Crippen LogP contribution in [-0.2, 0) is 23.8 Å². The summed E-state index contributed by atoms with van der Waals surface area (Å²) >= 11 is 1.49. The molecule has 6 rings (SSSR count). The van der Waals surface area contributed by atoms with Crippen LogP contribution in [0.5, 0.6) is 5.75 Å². The van der Waals surface area contributed by atoms with Crippen LogP contribution in [-0.4, -0.2) is 58.7 Å². The fourth-order valence-electron chi connectivity index (χ4n) is 8.78. The first-order valence-electron chi connectivity index (χ1n) is 16.3. The minimum Gasteiger partial charge on any atom is -0.482 e. The number of esters is 3. The number of carbonyl (C=O) groups is 3. The monoisotopic (exact) mass is 691 g/mol. The number of thioether (sulfide) groups is 1. The smallest absolute Gasteiger partial charge is 0.345 e. The van der Waals surface area contributed by atoms with Gasteiger partial charge in [-0.05, 0) is 74.1 Å². The zero-order valence-corrected chi connectivity index (χ0v) is 29.2. The maximum Gasteiger partial charge on any atom is 0.345 e. The Morgan fingerprint density at radius 3 is 2.49 bits per heavy atom. The van der Waals surface area contributed by atoms with Gasteiger partial charge >= 0.3 is 23.5 Å². The van der Waals surface area contributed by atoms with Gasteiger partial charge in [-0.2, -0.15) is 0 Å². The van der Waals surface area contributed by atoms with Crippen molar-refractivity contribution in [1.29, 1.82) is 0 Å². The van der Waals surface area contributed by atoms with E-state index in [1.165, 1.54) is 25.6 Å². The second kappa shape index (κ2) is 12.9. The summed E-state index contributed by atoms with van der Waals surface area (Å²) in [4.78, 5) is 57.0. The molecule has 3 aromatic rings. The number of ether oxygens (including phenoxy) is 4. The molecule has 0 amide bonds. The summed E-state index contributed by atoms with van der Waals surface area (Å²) < 4.78 is 30.4. The van der Waals surface area contributed by atoms with E-state index < -0.39 is 70.1 Å². The number of hydrogen-bond acceptors (Lipinski definition) is 12. The fraction of sp³-hybridized carbons (Fsp3) is 0.486. The Hall–Kier alpha value is -4.16. The summed E-state index contributed by atoms with van der Waals surface area (Å²) in [6.45, 7) is 8.28. The van der Waals surface area contributed by atoms with E-state index >= 15 is 0 Å². The van der Waals surface area contributed by atoms with E-state index in [-0.39, 0.29) is 30.1 Å². The van der Waals surface area contributed by atoms with Gasteiger partial charge in [0.1, 0.15) is 41.5 Å². The van der Waals surface area contributed by atoms with Gasteiger partial charge in [-0.15, -0.1) is 11.8 Å². The molecule has 2 saturated carbocycles. The summed E-state index contributed by atoms with van der Waals surface area (Å²) in [6, 6.07) is 12.1. The van der Waals surface area contributed by atoms with Gasteiger partial charge in [0.2, 0.25) is 0 Å². The summed E-state index contributed by atoms with van der Waals surface area (Å²) in [5, 5.41) is 12.3. The second-order valence-electron chi connectivity index (χ2n) is 14.0. The molecule has 0 bridgehead atoms. The molecule has 12 heteroatoms. The molecule has 2 aromatic heterocycles. The van der Waals surface area contributed by atoms with Gasteiger partial charge in [0.05, 0.1) is 11.7 Å². The van der Waals surface area contributed by atoms with Gasteiger partial charge < -0.3 is 28.5 Å². The average molecular weight is 692 g/mol. The fourth-order valence-corrected chi connectivity index (χ4v) is 9.24. The van der Waals surface area contributed by atoms with Crippen molar-refractivity contribution < 1.29 is 42.9 Å². The highest BCUT2D eigenvalue weighted by molar-refractivity contribution is 7.98. The number of hydrogen-bond donors (Lipinski definition) is 1. The zero-order valence-electron chi connectivity index (χ0n) is 28.4. The topological polar surface area (TPSA) is 151 Å². The lowest BCUT2D eigenvalue weighted by Gasteiger charge is -2.66. The van der Waals surface area contributed by atoms with Crippen LogP contribution in [0.3, 0.4) is 0 Å². The largest absolute Gasteiger partial charge is 0.482 e. The van der Waals surface area contributed by atoms with E-state index in [0.717, 1.165) is 4.90 Å². The Labute approximate surface area is 288 Å². The minimum atomic E-state index is -1.38. The Balaban J connectivity index is 1.50. The van der Waals surface area contributed by atoms with Crippen LogP contribution in [0.1, 0.15) is 75.9 Å². The number of aliphatic hydroxyl groups excluding tert-OH is 1. The summed E-state index contributed by atoms with van der Waals surface area (Å²) in [7, 11) is 0. The summed E-state index contributed by atoms with van der Waals surface area (Å²) in [5.41, 5.74) is -2.96. The molecule has 1 N–H and O–H groups in total. The van der Waals surface area contributed by atoms with Gasteiger partial charge in [-0.25, -0.2) is 9.59 Å². The molecule has 11 nitrogen and oxygen atoms in total. The number of rotatable bonds is 7. The van der Waals surface area contributed by atoms with Crippen LogP contribution < -0.4 is 10.4 Å². The Bertz CT molecular complexity index is 1830. The number of carbonyl (C=O) groups excluding carboxylic acids is 3. The third kappa shape index (κ3) is 6.03. The number of fused-ring (bicyclic) bond motifs is 4. The molecule has 3 heterocycles. The van der Waals surface area contributed by atoms with Crippen molar-refractivity contribution in [2.45, 2.75) is 82.7 Å². The van der Waals surface area contributed by atoms with E-state index in [2.05, 4.69) is 4.98 Å². The lowest BCUT2D eigenvalue weighted by atomic mass is 9.42. The molecule has 49 heavy (non-hydrogen) atoms. The molecular formula is C37H41NO10S. The van der Waals surface area contributed by atoms with Crippen molar-refractivity contribution in [3.05, 3.63) is 76.4 Å². The van der Waals surface area contributed by atoms with Crippen molar-refractivity contribution >= 4 is 29.7 Å². The summed E-state index contributed by atoms with van der Waals surface area (Å²) in [5.74, 6) is -2.45. The quantitative estimate of drug-likeness (QED) is 0.182. The first-order valence-corrected chi connectivity index (χ1v) is 17.5. The average Bonchev–Trinajstić information content (AvgIpc) is 3.06. The van der Waals surface area contributed by atoms with Crippen molar-refractivity contribution in [3.8, 4) is 17.1 Å². The first kappa shape index (κ1) is 34.7. The standard InChI is InChI=1S/C37H41NO10S/c1-20(39)44-19-36(4)27-17-29(47-33(42)22-9-7-11-24(15-22)49-6)37(5)32(35(27,3)13-12-28(36)45-21(2)40)31(41)30-26(48-37)16-25(46-34(30)43)23-10-8-14-38-18-23/h7-11,14-16,18,27-29,31-32,41H,12-13,17,19H2,1-6H3/t27-,28+,29+,31+,32-,35+,36+,37-/m1/s1. The molecule has 0 spiro atoms. The normalized spacial score (nSPS) is 31.6. The molecule has 1 aliphatic heterocycles. The van der Waals surface area contributed by atoms with Crippen molar-refractivity contribution in [1.82, 2.24) is 4.98 Å². The SMILES string of the molecule is CSc1cccc(C(=O)O[C@H]2C[C@H]3[C@](C)(COC(C)=O)[C@@H](OC(C)=O)CC[C@]3(C)[C@H]3[C@@H](O)c4c(cc(-c5cccnc5)oc4=O)O[C@]23C)c1. The lowest BCUT2D eigenvalue weighted by molar-refractivity contribution is -0.266. The Morgan fingerprint density at radius 1 is 1.04 bits per heavy atom. The van der Waals surface area contributed by atoms with Crippen molar-refractivity contribution in [2.75, 3.05) is 12.9 Å². The third-order valence-electron chi connectivity index (χ3n) is 11.0. The van der Waals surface area contributed by atoms with Crippen LogP contribution in [0.15, 0.2) is 69.0 Å². The third-order valence-corrected chi connectivity index (χ3v) is 11.7. The van der Waals surface area contributed by atoms with E-state index in [9.17, 15) is 24.3 Å². The van der Waals surface area contributed by atoms with E-state index in [0.29, 0.717) is 24.0 Å². The lowest BCUT2D eigenvalue weighted by Crippen LogP contribution is -2.71. The van der Waals surface area contributed by atoms with E-state index in [4.69, 9.17) is 23.4 Å². The molecule has 0 radical (unpaired) electrons. The predicted octanol–water partition coefficient (Wildman–Crippen LogP) is 5.77. The Kier molecular flexibility index (Phi) is 9.16. The highest BCUT2D eigenvalue weighted by atomic mass is 32.2. The molecule has 0 saturated heterocycles. The molecule has 8 atom stereocenters. The first-order chi connectivity index (χ1) is 23.2. The van der Waals surface area contributed by atoms with Crippen LogP contribution in [0.4, 0.5) is 0 Å². The van der Waals surface area contributed by atoms with Gasteiger partial charge in [0.15, 0.2) is 0 Å². The summed E-state index contributed by atoms with van der Waals surface area (Å²) in [6.07, 6.45) is 3.19. The van der Waals surface area contributed by atoms with Crippen LogP contribution in [0, 0.1) is 22.7 Å². The van der Waals surface area contributed by atoms with Gasteiger partial charge in [0.25, 0.3) is 0 Å². The number of aromatic nitrogens is 1. The maximum atomic E-state index is 13.9. The van der Waals surface area contributed by atoms with Crippen LogP contribution in [0.25, 0.3) is 11.3 Å². The van der Waals surface area contributed by atoms with Crippen molar-refractivity contribution in [3.63, 3.8) is 0 Å². The van der Waals surface area contributed by atoms with E-state index in [1.807, 2.05) is 33.1 Å². The molecule has 260 valence electrons. The molecule has 0 unspecified atom stereocenters. The number of pyridine rings is 1. The van der Waals surface area contributed by atoms with Crippen molar-refractivity contribution in [2.24, 2.45) is 22.7 Å². The van der Waals surface area contributed by atoms with Gasteiger partial charge in [-0.3, -0.25) is 14.6 Å². The minimum absolute atomic E-state index is 0.0291. The maximum absolute atomic E-state index is 13.9. The van der Waals surface area contributed by atoms with Gasteiger partial charge in [-0.1, -0.05) is 19.9 Å². The predicted molar refractivity (Wildman–Crippen MR) is 179 cm³/mol. The molecular weight excluding hydrogens is 650 g/mol. The molecule has 3 aliphatic rings. The number of nitrogens with zero attached hydrogens (tertiary/aromatic N) is 1. The molecule has 2 aliphatic carbocycles. The number of aliphatic hydroxyl groups is 1. The van der Waals surface area contributed by atoms with E-state index in [1.54, 1.807) is 48.8 Å². The molecule has 1 aromatic carbocycles. The zero-order chi connectivity index (χ0) is 35.3. The highest BCUT2D eigenvalue weighted by Crippen LogP contribution is 2.67.